The summed E-state index contributed by atoms with van der Waals surface area (Å²) in [6.07, 6.45) is 8.00. The Morgan fingerprint density at radius 2 is 1.89 bits per heavy atom. The molecule has 4 aliphatic carbocycles. The summed E-state index contributed by atoms with van der Waals surface area (Å²) in [6, 6.07) is 6.26. The molecule has 0 saturated heterocycles. The maximum atomic E-state index is 13.7. The highest BCUT2D eigenvalue weighted by Gasteiger charge is 2.64. The van der Waals surface area contributed by atoms with E-state index in [0.717, 1.165) is 54.7 Å². The van der Waals surface area contributed by atoms with Crippen LogP contribution in [0, 0.1) is 28.6 Å². The standard InChI is InChI=1S/C30H41ClN2O3/c1-18-23-17-33(29-14-20(15-29)22(16-29)25(34)35)26(36)32-30(23,12-11-28(18,5)6)21-8-7-19(24(31)13-21)9-10-27(2,3)4/h7-8,13,17-18,20,22H,9-12,14-16H2,1-6H3,(H,32,36)(H,34,35)/t18?,20?,22?,29?,30-/m0/s1. The fraction of sp³-hybridized carbons (Fsp3) is 0.667. The van der Waals surface area contributed by atoms with Crippen molar-refractivity contribution in [2.24, 2.45) is 28.6 Å². The van der Waals surface area contributed by atoms with Crippen LogP contribution in [0.1, 0.15) is 91.2 Å². The summed E-state index contributed by atoms with van der Waals surface area (Å²) in [5.41, 5.74) is 2.79. The van der Waals surface area contributed by atoms with Crippen molar-refractivity contribution in [3.63, 3.8) is 0 Å². The molecule has 5 nitrogen and oxygen atoms in total. The van der Waals surface area contributed by atoms with E-state index < -0.39 is 11.5 Å². The number of carbonyl (C=O) groups is 2. The maximum absolute atomic E-state index is 13.7. The van der Waals surface area contributed by atoms with Gasteiger partial charge in [0.1, 0.15) is 0 Å². The highest BCUT2D eigenvalue weighted by Crippen LogP contribution is 2.61. The van der Waals surface area contributed by atoms with Crippen molar-refractivity contribution in [3.8, 4) is 0 Å². The molecule has 4 fully saturated rings. The molecule has 196 valence electrons. The van der Waals surface area contributed by atoms with Gasteiger partial charge in [0.15, 0.2) is 0 Å². The SMILES string of the molecule is CC1C2=CN(C34CC(C3)C(C(=O)O)C4)C(=O)N[C@]2(c2ccc(CCC(C)(C)C)c(Cl)c2)CCC1(C)C. The van der Waals surface area contributed by atoms with E-state index in [9.17, 15) is 14.7 Å². The third kappa shape index (κ3) is 3.97. The second kappa shape index (κ2) is 8.24. The summed E-state index contributed by atoms with van der Waals surface area (Å²) in [4.78, 5) is 27.4. The van der Waals surface area contributed by atoms with Crippen molar-refractivity contribution in [1.82, 2.24) is 10.2 Å². The van der Waals surface area contributed by atoms with Crippen LogP contribution in [0.5, 0.6) is 0 Å². The van der Waals surface area contributed by atoms with E-state index in [1.807, 2.05) is 4.90 Å². The van der Waals surface area contributed by atoms with Crippen molar-refractivity contribution in [1.29, 1.82) is 0 Å². The molecular formula is C30H41ClN2O3. The number of rotatable bonds is 5. The van der Waals surface area contributed by atoms with Gasteiger partial charge in [0.05, 0.1) is 17.0 Å². The molecule has 0 aromatic heterocycles. The van der Waals surface area contributed by atoms with Crippen molar-refractivity contribution >= 4 is 23.6 Å². The van der Waals surface area contributed by atoms with E-state index in [1.54, 1.807) is 0 Å². The third-order valence-electron chi connectivity index (χ3n) is 10.1. The molecule has 0 spiro atoms. The molecule has 1 aliphatic heterocycles. The molecule has 6 rings (SSSR count). The van der Waals surface area contributed by atoms with Gasteiger partial charge >= 0.3 is 12.0 Å². The predicted octanol–water partition coefficient (Wildman–Crippen LogP) is 7.13. The first kappa shape index (κ1) is 25.6. The molecule has 4 saturated carbocycles. The van der Waals surface area contributed by atoms with Gasteiger partial charge < -0.3 is 10.4 Å². The van der Waals surface area contributed by atoms with Gasteiger partial charge in [0.25, 0.3) is 0 Å². The van der Waals surface area contributed by atoms with Crippen molar-refractivity contribution in [2.45, 2.75) is 97.6 Å². The zero-order valence-corrected chi connectivity index (χ0v) is 23.3. The zero-order chi connectivity index (χ0) is 26.3. The van der Waals surface area contributed by atoms with Crippen LogP contribution < -0.4 is 5.32 Å². The Bertz CT molecular complexity index is 1130. The number of nitrogens with one attached hydrogen (secondary N) is 1. The molecule has 2 N–H and O–H groups in total. The Labute approximate surface area is 220 Å². The third-order valence-corrected chi connectivity index (χ3v) is 10.4. The van der Waals surface area contributed by atoms with E-state index in [-0.39, 0.29) is 40.2 Å². The number of hydrogen-bond donors (Lipinski definition) is 2. The second-order valence-electron chi connectivity index (χ2n) is 13.9. The average Bonchev–Trinajstić information content (AvgIpc) is 3.32. The number of benzene rings is 1. The summed E-state index contributed by atoms with van der Waals surface area (Å²) < 4.78 is 0. The molecule has 5 aliphatic rings. The monoisotopic (exact) mass is 512 g/mol. The molecule has 0 radical (unpaired) electrons. The first-order valence-electron chi connectivity index (χ1n) is 13.5. The van der Waals surface area contributed by atoms with Crippen molar-refractivity contribution in [3.05, 3.63) is 46.1 Å². The predicted molar refractivity (Wildman–Crippen MR) is 143 cm³/mol. The number of carboxylic acids is 1. The van der Waals surface area contributed by atoms with E-state index in [2.05, 4.69) is 71.3 Å². The lowest BCUT2D eigenvalue weighted by molar-refractivity contribution is -0.142. The number of carboxylic acid groups (broad SMARTS) is 1. The molecule has 2 bridgehead atoms. The summed E-state index contributed by atoms with van der Waals surface area (Å²) >= 11 is 6.84. The molecule has 2 unspecified atom stereocenters. The minimum absolute atomic E-state index is 0.0958. The summed E-state index contributed by atoms with van der Waals surface area (Å²) in [6.45, 7) is 13.6. The number of halogens is 1. The van der Waals surface area contributed by atoms with Crippen LogP contribution in [0.15, 0.2) is 30.0 Å². The largest absolute Gasteiger partial charge is 0.481 e. The molecule has 3 atom stereocenters. The highest BCUT2D eigenvalue weighted by molar-refractivity contribution is 6.31. The van der Waals surface area contributed by atoms with E-state index >= 15 is 0 Å². The summed E-state index contributed by atoms with van der Waals surface area (Å²) in [5, 5.41) is 13.9. The Kier molecular flexibility index (Phi) is 5.87. The molecular weight excluding hydrogens is 472 g/mol. The molecule has 6 heteroatoms. The topological polar surface area (TPSA) is 69.6 Å². The summed E-state index contributed by atoms with van der Waals surface area (Å²) in [5.74, 6) is -0.646. The van der Waals surface area contributed by atoms with E-state index in [0.29, 0.717) is 6.42 Å². The number of aliphatic carboxylic acids is 1. The number of fused-ring (bicyclic) bond motifs is 2. The van der Waals surface area contributed by atoms with Gasteiger partial charge in [0, 0.05) is 11.2 Å². The quantitative estimate of drug-likeness (QED) is 0.440. The lowest BCUT2D eigenvalue weighted by Gasteiger charge is -2.56. The number of hydrogen-bond acceptors (Lipinski definition) is 2. The smallest absolute Gasteiger partial charge is 0.322 e. The van der Waals surface area contributed by atoms with Gasteiger partial charge in [-0.3, -0.25) is 9.69 Å². The number of urea groups is 1. The normalized spacial score (nSPS) is 35.0. The zero-order valence-electron chi connectivity index (χ0n) is 22.6. The first-order valence-corrected chi connectivity index (χ1v) is 13.9. The minimum Gasteiger partial charge on any atom is -0.481 e. The fourth-order valence-electron chi connectivity index (χ4n) is 7.25. The van der Waals surface area contributed by atoms with Crippen LogP contribution in [-0.2, 0) is 16.8 Å². The highest BCUT2D eigenvalue weighted by atomic mass is 35.5. The molecule has 1 heterocycles. The number of carbonyl (C=O) groups excluding carboxylic acids is 1. The van der Waals surface area contributed by atoms with Gasteiger partial charge in [0.2, 0.25) is 0 Å². The van der Waals surface area contributed by atoms with Gasteiger partial charge in [-0.15, -0.1) is 0 Å². The summed E-state index contributed by atoms with van der Waals surface area (Å²) in [7, 11) is 0. The number of aryl methyl sites for hydroxylation is 1. The van der Waals surface area contributed by atoms with Gasteiger partial charge in [-0.05, 0) is 90.4 Å². The Morgan fingerprint density at radius 3 is 2.47 bits per heavy atom. The fourth-order valence-corrected chi connectivity index (χ4v) is 7.52. The average molecular weight is 513 g/mol. The van der Waals surface area contributed by atoms with Crippen LogP contribution in [0.4, 0.5) is 4.79 Å². The number of nitrogens with zero attached hydrogens (tertiary/aromatic N) is 1. The number of amides is 2. The van der Waals surface area contributed by atoms with Crippen LogP contribution in [0.25, 0.3) is 0 Å². The molecule has 36 heavy (non-hydrogen) atoms. The van der Waals surface area contributed by atoms with Crippen molar-refractivity contribution in [2.75, 3.05) is 0 Å². The van der Waals surface area contributed by atoms with Crippen molar-refractivity contribution < 1.29 is 14.7 Å². The molecule has 1 aromatic rings. The molecule has 2 amide bonds. The van der Waals surface area contributed by atoms with E-state index in [1.165, 1.54) is 5.57 Å². The molecule has 1 aromatic carbocycles. The Hall–Kier alpha value is -2.01. The second-order valence-corrected chi connectivity index (χ2v) is 14.3. The Balaban J connectivity index is 1.53. The van der Waals surface area contributed by atoms with Gasteiger partial charge in [-0.25, -0.2) is 4.79 Å². The maximum Gasteiger partial charge on any atom is 0.322 e. The van der Waals surface area contributed by atoms with Crippen LogP contribution >= 0.6 is 11.6 Å². The van der Waals surface area contributed by atoms with Crippen LogP contribution in [-0.4, -0.2) is 27.5 Å². The Morgan fingerprint density at radius 1 is 1.19 bits per heavy atom. The van der Waals surface area contributed by atoms with Gasteiger partial charge in [-0.2, -0.15) is 0 Å². The lowest BCUT2D eigenvalue weighted by atomic mass is 9.58. The van der Waals surface area contributed by atoms with Crippen LogP contribution in [0.3, 0.4) is 0 Å². The van der Waals surface area contributed by atoms with E-state index in [4.69, 9.17) is 11.6 Å². The van der Waals surface area contributed by atoms with Gasteiger partial charge in [-0.1, -0.05) is 65.3 Å². The van der Waals surface area contributed by atoms with Crippen LogP contribution in [0.2, 0.25) is 5.02 Å². The first-order chi connectivity index (χ1) is 16.7. The minimum atomic E-state index is -0.729. The lowest BCUT2D eigenvalue weighted by Crippen LogP contribution is -2.64.